The lowest BCUT2D eigenvalue weighted by Crippen LogP contribution is -2.25. The maximum Gasteiger partial charge on any atom is 0.261 e. The molecular weight excluding hydrogens is 416 g/mol. The highest BCUT2D eigenvalue weighted by molar-refractivity contribution is 7.89. The summed E-state index contributed by atoms with van der Waals surface area (Å²) in [5.41, 5.74) is 0.963. The van der Waals surface area contributed by atoms with Crippen LogP contribution in [0.1, 0.15) is 31.1 Å². The van der Waals surface area contributed by atoms with Crippen molar-refractivity contribution >= 4 is 32.5 Å². The molecule has 1 N–H and O–H groups in total. The number of aromatic nitrogens is 2. The van der Waals surface area contributed by atoms with E-state index in [1.165, 1.54) is 26.2 Å². The smallest absolute Gasteiger partial charge is 0.261 e. The number of sulfonamides is 1. The minimum Gasteiger partial charge on any atom is -0.326 e. The lowest BCUT2D eigenvalue weighted by molar-refractivity contribution is -0.116. The molecule has 2 aromatic carbocycles. The van der Waals surface area contributed by atoms with Crippen molar-refractivity contribution in [1.29, 1.82) is 0 Å². The second-order valence-corrected chi connectivity index (χ2v) is 9.97. The highest BCUT2D eigenvalue weighted by atomic mass is 32.2. The molecule has 0 radical (unpaired) electrons. The lowest BCUT2D eigenvalue weighted by atomic mass is 10.2. The topological polar surface area (TPSA) is 101 Å². The van der Waals surface area contributed by atoms with Gasteiger partial charge in [0.25, 0.3) is 5.56 Å². The summed E-state index contributed by atoms with van der Waals surface area (Å²) in [4.78, 5) is 30.2. The van der Waals surface area contributed by atoms with Crippen molar-refractivity contribution in [2.24, 2.45) is 0 Å². The summed E-state index contributed by atoms with van der Waals surface area (Å²) in [6.07, 6.45) is 2.32. The van der Waals surface area contributed by atoms with E-state index < -0.39 is 10.0 Å². The molecule has 162 valence electrons. The van der Waals surface area contributed by atoms with Gasteiger partial charge in [0.1, 0.15) is 5.82 Å². The number of amides is 1. The molecule has 1 saturated carbocycles. The summed E-state index contributed by atoms with van der Waals surface area (Å²) in [6.45, 7) is 0. The van der Waals surface area contributed by atoms with Crippen LogP contribution in [0.3, 0.4) is 0 Å². The molecule has 0 unspecified atom stereocenters. The van der Waals surface area contributed by atoms with Crippen LogP contribution in [0.2, 0.25) is 0 Å². The highest BCUT2D eigenvalue weighted by Crippen LogP contribution is 2.35. The van der Waals surface area contributed by atoms with E-state index in [1.54, 1.807) is 28.8 Å². The number of fused-ring (bicyclic) bond motifs is 1. The zero-order valence-electron chi connectivity index (χ0n) is 17.4. The molecule has 8 nitrogen and oxygen atoms in total. The van der Waals surface area contributed by atoms with Gasteiger partial charge in [0.15, 0.2) is 0 Å². The van der Waals surface area contributed by atoms with Crippen LogP contribution in [-0.4, -0.2) is 42.3 Å². The molecule has 1 aliphatic rings. The van der Waals surface area contributed by atoms with Crippen LogP contribution in [0, 0.1) is 0 Å². The van der Waals surface area contributed by atoms with E-state index in [9.17, 15) is 18.0 Å². The third-order valence-electron chi connectivity index (χ3n) is 5.26. The average molecular weight is 441 g/mol. The Morgan fingerprint density at radius 3 is 2.61 bits per heavy atom. The third-order valence-corrected chi connectivity index (χ3v) is 7.08. The Hall–Kier alpha value is -3.04. The number of benzene rings is 2. The largest absolute Gasteiger partial charge is 0.326 e. The van der Waals surface area contributed by atoms with Crippen LogP contribution in [0.25, 0.3) is 10.9 Å². The number of rotatable bonds is 7. The molecule has 1 amide bonds. The van der Waals surface area contributed by atoms with Crippen molar-refractivity contribution in [3.63, 3.8) is 0 Å². The molecule has 9 heteroatoms. The van der Waals surface area contributed by atoms with Crippen molar-refractivity contribution in [2.75, 3.05) is 19.4 Å². The molecule has 3 aromatic rings. The molecule has 1 aliphatic carbocycles. The average Bonchev–Trinajstić information content (AvgIpc) is 3.57. The zero-order chi connectivity index (χ0) is 22.2. The molecule has 0 bridgehead atoms. The van der Waals surface area contributed by atoms with E-state index in [0.29, 0.717) is 28.8 Å². The first kappa shape index (κ1) is 21.2. The van der Waals surface area contributed by atoms with Gasteiger partial charge in [-0.2, -0.15) is 0 Å². The Kier molecular flexibility index (Phi) is 5.63. The lowest BCUT2D eigenvalue weighted by Gasteiger charge is -2.14. The molecular formula is C22H24N4O4S. The summed E-state index contributed by atoms with van der Waals surface area (Å²) in [6, 6.07) is 13.5. The standard InChI is InChI=1S/C22H24N4O4S/c1-25(2)31(29,30)17-7-5-6-15(14-17)23-21(27)13-12-20-24-19-9-4-3-8-18(19)22(28)26(20)16-10-11-16/h3-9,14,16H,10-13H2,1-2H3,(H,23,27). The second-order valence-electron chi connectivity index (χ2n) is 7.81. The molecule has 4 rings (SSSR count). The fraction of sp³-hybridized carbons (Fsp3) is 0.318. The van der Waals surface area contributed by atoms with Crippen LogP contribution in [0.4, 0.5) is 5.69 Å². The summed E-state index contributed by atoms with van der Waals surface area (Å²) in [5, 5.41) is 3.33. The summed E-state index contributed by atoms with van der Waals surface area (Å²) >= 11 is 0. The number of carbonyl (C=O) groups excluding carboxylic acids is 1. The summed E-state index contributed by atoms with van der Waals surface area (Å²) in [7, 11) is -0.680. The van der Waals surface area contributed by atoms with Crippen LogP contribution in [0.5, 0.6) is 0 Å². The Labute approximate surface area is 180 Å². The SMILES string of the molecule is CN(C)S(=O)(=O)c1cccc(NC(=O)CCc2nc3ccccc3c(=O)n2C2CC2)c1. The van der Waals surface area contributed by atoms with Gasteiger partial charge >= 0.3 is 0 Å². The Bertz CT molecular complexity index is 1310. The fourth-order valence-corrected chi connectivity index (χ4v) is 4.42. The van der Waals surface area contributed by atoms with Crippen LogP contribution in [0.15, 0.2) is 58.2 Å². The van der Waals surface area contributed by atoms with E-state index >= 15 is 0 Å². The molecule has 31 heavy (non-hydrogen) atoms. The molecule has 0 saturated heterocycles. The molecule has 0 atom stereocenters. The van der Waals surface area contributed by atoms with Crippen molar-refractivity contribution < 1.29 is 13.2 Å². The van der Waals surface area contributed by atoms with Crippen LogP contribution >= 0.6 is 0 Å². The van der Waals surface area contributed by atoms with Gasteiger partial charge in [-0.25, -0.2) is 17.7 Å². The maximum atomic E-state index is 12.9. The Balaban J connectivity index is 1.52. The van der Waals surface area contributed by atoms with Crippen LogP contribution < -0.4 is 10.9 Å². The van der Waals surface area contributed by atoms with Crippen molar-refractivity contribution in [1.82, 2.24) is 13.9 Å². The number of aryl methyl sites for hydroxylation is 1. The minimum absolute atomic E-state index is 0.0647. The highest BCUT2D eigenvalue weighted by Gasteiger charge is 2.28. The first-order chi connectivity index (χ1) is 14.8. The van der Waals surface area contributed by atoms with Crippen LogP contribution in [-0.2, 0) is 21.2 Å². The monoisotopic (exact) mass is 440 g/mol. The van der Waals surface area contributed by atoms with Gasteiger partial charge in [-0.15, -0.1) is 0 Å². The second kappa shape index (κ2) is 8.24. The molecule has 1 aromatic heterocycles. The normalized spacial score (nSPS) is 14.2. The molecule has 0 aliphatic heterocycles. The Morgan fingerprint density at radius 1 is 1.16 bits per heavy atom. The maximum absolute atomic E-state index is 12.9. The van der Waals surface area contributed by atoms with E-state index in [2.05, 4.69) is 10.3 Å². The number of nitrogens with one attached hydrogen (secondary N) is 1. The van der Waals surface area contributed by atoms with Gasteiger partial charge in [-0.3, -0.25) is 14.2 Å². The fourth-order valence-electron chi connectivity index (χ4n) is 3.47. The van der Waals surface area contributed by atoms with Gasteiger partial charge < -0.3 is 5.32 Å². The number of para-hydroxylation sites is 1. The van der Waals surface area contributed by atoms with Gasteiger partial charge in [-0.1, -0.05) is 18.2 Å². The summed E-state index contributed by atoms with van der Waals surface area (Å²) < 4.78 is 27.4. The minimum atomic E-state index is -3.59. The van der Waals surface area contributed by atoms with E-state index in [0.717, 1.165) is 17.1 Å². The predicted molar refractivity (Wildman–Crippen MR) is 119 cm³/mol. The predicted octanol–water partition coefficient (Wildman–Crippen LogP) is 2.55. The number of carbonyl (C=O) groups is 1. The van der Waals surface area contributed by atoms with Gasteiger partial charge in [0.2, 0.25) is 15.9 Å². The first-order valence-electron chi connectivity index (χ1n) is 10.1. The van der Waals surface area contributed by atoms with E-state index in [-0.39, 0.29) is 28.8 Å². The number of nitrogens with zero attached hydrogens (tertiary/aromatic N) is 3. The zero-order valence-corrected chi connectivity index (χ0v) is 18.2. The Morgan fingerprint density at radius 2 is 1.90 bits per heavy atom. The molecule has 1 fully saturated rings. The number of hydrogen-bond donors (Lipinski definition) is 1. The van der Waals surface area contributed by atoms with Crippen molar-refractivity contribution in [2.45, 2.75) is 36.6 Å². The molecule has 0 spiro atoms. The van der Waals surface area contributed by atoms with Crippen molar-refractivity contribution in [3.8, 4) is 0 Å². The first-order valence-corrected chi connectivity index (χ1v) is 11.5. The van der Waals surface area contributed by atoms with Gasteiger partial charge in [0, 0.05) is 38.7 Å². The third kappa shape index (κ3) is 4.38. The quantitative estimate of drug-likeness (QED) is 0.608. The molecule has 1 heterocycles. The summed E-state index contributed by atoms with van der Waals surface area (Å²) in [5.74, 6) is 0.328. The number of hydrogen-bond acceptors (Lipinski definition) is 5. The van der Waals surface area contributed by atoms with Gasteiger partial charge in [-0.05, 0) is 43.2 Å². The van der Waals surface area contributed by atoms with E-state index in [4.69, 9.17) is 0 Å². The van der Waals surface area contributed by atoms with Gasteiger partial charge in [0.05, 0.1) is 15.8 Å². The number of anilines is 1. The van der Waals surface area contributed by atoms with Crippen molar-refractivity contribution in [3.05, 3.63) is 64.7 Å². The van der Waals surface area contributed by atoms with E-state index in [1.807, 2.05) is 12.1 Å².